The maximum Gasteiger partial charge on any atom is 0.118 e. The number of benzene rings is 1. The largest absolute Gasteiger partial charge is 0.497 e. The summed E-state index contributed by atoms with van der Waals surface area (Å²) in [6, 6.07) is 8.94. The van der Waals surface area contributed by atoms with E-state index in [1.54, 1.807) is 7.11 Å². The predicted molar refractivity (Wildman–Crippen MR) is 77.7 cm³/mol. The van der Waals surface area contributed by atoms with Crippen LogP contribution in [0.25, 0.3) is 0 Å². The zero-order valence-electron chi connectivity index (χ0n) is 11.9. The molecule has 1 aliphatic carbocycles. The Morgan fingerprint density at radius 2 is 2.00 bits per heavy atom. The molecular weight excluding hydrogens is 238 g/mol. The monoisotopic (exact) mass is 263 g/mol. The van der Waals surface area contributed by atoms with Gasteiger partial charge in [0.25, 0.3) is 0 Å². The Balaban J connectivity index is 1.70. The SMILES string of the molecule is CCCC(O)CNC1CC(c2ccc(OC)cc2)C1. The summed E-state index contributed by atoms with van der Waals surface area (Å²) < 4.78 is 5.17. The van der Waals surface area contributed by atoms with Crippen LogP contribution in [0.2, 0.25) is 0 Å². The van der Waals surface area contributed by atoms with Crippen LogP contribution >= 0.6 is 0 Å². The van der Waals surface area contributed by atoms with E-state index in [-0.39, 0.29) is 6.10 Å². The molecule has 1 fully saturated rings. The van der Waals surface area contributed by atoms with Gasteiger partial charge in [0.1, 0.15) is 5.75 Å². The summed E-state index contributed by atoms with van der Waals surface area (Å²) in [5, 5.41) is 13.1. The summed E-state index contributed by atoms with van der Waals surface area (Å²) >= 11 is 0. The molecule has 0 heterocycles. The van der Waals surface area contributed by atoms with Gasteiger partial charge < -0.3 is 15.2 Å². The Bertz CT molecular complexity index is 371. The lowest BCUT2D eigenvalue weighted by atomic mass is 9.76. The minimum atomic E-state index is -0.190. The first-order chi connectivity index (χ1) is 9.22. The van der Waals surface area contributed by atoms with Gasteiger partial charge in [-0.3, -0.25) is 0 Å². The van der Waals surface area contributed by atoms with Crippen molar-refractivity contribution >= 4 is 0 Å². The maximum absolute atomic E-state index is 9.68. The van der Waals surface area contributed by atoms with Crippen molar-refractivity contribution in [2.75, 3.05) is 13.7 Å². The summed E-state index contributed by atoms with van der Waals surface area (Å²) in [7, 11) is 1.69. The fourth-order valence-electron chi connectivity index (χ4n) is 2.67. The predicted octanol–water partition coefficient (Wildman–Crippen LogP) is 2.69. The molecule has 1 unspecified atom stereocenters. The van der Waals surface area contributed by atoms with Crippen molar-refractivity contribution in [3.63, 3.8) is 0 Å². The fourth-order valence-corrected chi connectivity index (χ4v) is 2.67. The number of nitrogens with one attached hydrogen (secondary N) is 1. The van der Waals surface area contributed by atoms with Gasteiger partial charge in [-0.2, -0.15) is 0 Å². The van der Waals surface area contributed by atoms with Gasteiger partial charge in [0.2, 0.25) is 0 Å². The highest BCUT2D eigenvalue weighted by atomic mass is 16.5. The quantitative estimate of drug-likeness (QED) is 0.794. The van der Waals surface area contributed by atoms with E-state index < -0.39 is 0 Å². The van der Waals surface area contributed by atoms with Gasteiger partial charge in [0.05, 0.1) is 13.2 Å². The minimum Gasteiger partial charge on any atom is -0.497 e. The van der Waals surface area contributed by atoms with Crippen molar-refractivity contribution in [3.8, 4) is 5.75 Å². The molecule has 0 bridgehead atoms. The van der Waals surface area contributed by atoms with Crippen molar-refractivity contribution in [1.82, 2.24) is 5.32 Å². The molecule has 0 radical (unpaired) electrons. The molecule has 2 N–H and O–H groups in total. The first-order valence-corrected chi connectivity index (χ1v) is 7.28. The first-order valence-electron chi connectivity index (χ1n) is 7.28. The Hall–Kier alpha value is -1.06. The normalized spacial score (nSPS) is 23.7. The third-order valence-corrected chi connectivity index (χ3v) is 3.99. The third-order valence-electron chi connectivity index (χ3n) is 3.99. The molecule has 0 spiro atoms. The first kappa shape index (κ1) is 14.4. The number of methoxy groups -OCH3 is 1. The van der Waals surface area contributed by atoms with E-state index in [9.17, 15) is 5.11 Å². The van der Waals surface area contributed by atoms with Gasteiger partial charge in [-0.05, 0) is 42.9 Å². The highest BCUT2D eigenvalue weighted by Gasteiger charge is 2.30. The Morgan fingerprint density at radius 1 is 1.32 bits per heavy atom. The smallest absolute Gasteiger partial charge is 0.118 e. The van der Waals surface area contributed by atoms with Crippen LogP contribution in [0.5, 0.6) is 5.75 Å². The lowest BCUT2D eigenvalue weighted by molar-refractivity contribution is 0.145. The zero-order chi connectivity index (χ0) is 13.7. The van der Waals surface area contributed by atoms with Crippen molar-refractivity contribution in [1.29, 1.82) is 0 Å². The highest BCUT2D eigenvalue weighted by Crippen LogP contribution is 2.37. The van der Waals surface area contributed by atoms with Crippen LogP contribution in [0.15, 0.2) is 24.3 Å². The topological polar surface area (TPSA) is 41.5 Å². The van der Waals surface area contributed by atoms with E-state index in [1.165, 1.54) is 18.4 Å². The summed E-state index contributed by atoms with van der Waals surface area (Å²) in [6.07, 6.45) is 4.09. The second kappa shape index (κ2) is 6.92. The average Bonchev–Trinajstić information content (AvgIpc) is 2.38. The van der Waals surface area contributed by atoms with Crippen molar-refractivity contribution in [2.24, 2.45) is 0 Å². The number of rotatable bonds is 7. The molecular formula is C16H25NO2. The van der Waals surface area contributed by atoms with E-state index >= 15 is 0 Å². The van der Waals surface area contributed by atoms with Crippen LogP contribution in [0.4, 0.5) is 0 Å². The van der Waals surface area contributed by atoms with Crippen molar-refractivity contribution < 1.29 is 9.84 Å². The van der Waals surface area contributed by atoms with Crippen LogP contribution in [-0.4, -0.2) is 30.9 Å². The van der Waals surface area contributed by atoms with E-state index in [0.29, 0.717) is 12.0 Å². The van der Waals surface area contributed by atoms with Gasteiger partial charge in [0.15, 0.2) is 0 Å². The second-order valence-electron chi connectivity index (χ2n) is 5.49. The molecule has 0 amide bonds. The number of hydrogen-bond donors (Lipinski definition) is 2. The lowest BCUT2D eigenvalue weighted by Gasteiger charge is -2.37. The molecule has 3 nitrogen and oxygen atoms in total. The van der Waals surface area contributed by atoms with Crippen LogP contribution in [-0.2, 0) is 0 Å². The second-order valence-corrected chi connectivity index (χ2v) is 5.49. The number of aliphatic hydroxyl groups excluding tert-OH is 1. The van der Waals surface area contributed by atoms with Crippen LogP contribution in [0.3, 0.4) is 0 Å². The van der Waals surface area contributed by atoms with Gasteiger partial charge in [0, 0.05) is 12.6 Å². The van der Waals surface area contributed by atoms with Crippen LogP contribution < -0.4 is 10.1 Å². The molecule has 1 atom stereocenters. The summed E-state index contributed by atoms with van der Waals surface area (Å²) in [4.78, 5) is 0. The standard InChI is InChI=1S/C16H25NO2/c1-3-4-15(18)11-17-14-9-13(10-14)12-5-7-16(19-2)8-6-12/h5-8,13-15,17-18H,3-4,9-11H2,1-2H3. The van der Waals surface area contributed by atoms with Gasteiger partial charge in [-0.1, -0.05) is 25.5 Å². The van der Waals surface area contributed by atoms with E-state index in [0.717, 1.165) is 25.1 Å². The molecule has 0 saturated heterocycles. The number of ether oxygens (including phenoxy) is 1. The molecule has 2 rings (SSSR count). The van der Waals surface area contributed by atoms with Crippen molar-refractivity contribution in [3.05, 3.63) is 29.8 Å². The van der Waals surface area contributed by atoms with Crippen LogP contribution in [0.1, 0.15) is 44.1 Å². The Morgan fingerprint density at radius 3 is 2.58 bits per heavy atom. The van der Waals surface area contributed by atoms with Gasteiger partial charge in [-0.25, -0.2) is 0 Å². The average molecular weight is 263 g/mol. The van der Waals surface area contributed by atoms with Gasteiger partial charge in [-0.15, -0.1) is 0 Å². The summed E-state index contributed by atoms with van der Waals surface area (Å²) in [6.45, 7) is 2.83. The molecule has 0 aliphatic heterocycles. The molecule has 1 aliphatic rings. The minimum absolute atomic E-state index is 0.190. The van der Waals surface area contributed by atoms with E-state index in [2.05, 4.69) is 24.4 Å². The Labute approximate surface area is 116 Å². The molecule has 1 aromatic rings. The van der Waals surface area contributed by atoms with Crippen LogP contribution in [0, 0.1) is 0 Å². The summed E-state index contributed by atoms with van der Waals surface area (Å²) in [5.74, 6) is 1.58. The molecule has 1 saturated carbocycles. The van der Waals surface area contributed by atoms with Gasteiger partial charge >= 0.3 is 0 Å². The lowest BCUT2D eigenvalue weighted by Crippen LogP contribution is -2.43. The maximum atomic E-state index is 9.68. The fraction of sp³-hybridized carbons (Fsp3) is 0.625. The third kappa shape index (κ3) is 3.95. The molecule has 3 heteroatoms. The van der Waals surface area contributed by atoms with E-state index in [4.69, 9.17) is 4.74 Å². The number of aliphatic hydroxyl groups is 1. The van der Waals surface area contributed by atoms with Crippen molar-refractivity contribution in [2.45, 2.75) is 50.7 Å². The zero-order valence-corrected chi connectivity index (χ0v) is 11.9. The highest BCUT2D eigenvalue weighted by molar-refractivity contribution is 5.30. The van der Waals surface area contributed by atoms with E-state index in [1.807, 2.05) is 12.1 Å². The molecule has 19 heavy (non-hydrogen) atoms. The molecule has 1 aromatic carbocycles. The molecule has 0 aromatic heterocycles. The Kier molecular flexibility index (Phi) is 5.23. The summed E-state index contributed by atoms with van der Waals surface area (Å²) in [5.41, 5.74) is 1.40. The molecule has 106 valence electrons. The number of hydrogen-bond acceptors (Lipinski definition) is 3.